The first-order chi connectivity index (χ1) is 7.16. The molecule has 1 aliphatic rings. The number of carbonyl (C=O) groups is 1. The first-order valence-electron chi connectivity index (χ1n) is 4.90. The van der Waals surface area contributed by atoms with Gasteiger partial charge in [-0.15, -0.1) is 0 Å². The van der Waals surface area contributed by atoms with E-state index in [1.165, 1.54) is 6.07 Å². The lowest BCUT2D eigenvalue weighted by molar-refractivity contribution is -0.116. The van der Waals surface area contributed by atoms with Crippen LogP contribution in [0, 0.1) is 17.6 Å². The Hall–Kier alpha value is -1.45. The molecule has 0 atom stereocenters. The largest absolute Gasteiger partial charge is 0.321 e. The number of hydrogen-bond donors (Lipinski definition) is 1. The van der Waals surface area contributed by atoms with Gasteiger partial charge < -0.3 is 5.32 Å². The summed E-state index contributed by atoms with van der Waals surface area (Å²) in [5.41, 5.74) is -0.344. The van der Waals surface area contributed by atoms with Crippen molar-refractivity contribution >= 4 is 11.6 Å². The normalized spacial score (nSPS) is 15.1. The molecule has 4 heteroatoms. The Morgan fingerprint density at radius 2 is 1.93 bits per heavy atom. The Bertz CT molecular complexity index is 368. The van der Waals surface area contributed by atoms with E-state index >= 15 is 0 Å². The molecule has 2 rings (SSSR count). The topological polar surface area (TPSA) is 29.1 Å². The van der Waals surface area contributed by atoms with Crippen molar-refractivity contribution in [1.82, 2.24) is 0 Å². The second-order valence-corrected chi connectivity index (χ2v) is 3.79. The number of carbonyl (C=O) groups excluding carboxylic acids is 1. The van der Waals surface area contributed by atoms with Crippen LogP contribution in [-0.4, -0.2) is 5.91 Å². The lowest BCUT2D eigenvalue weighted by Gasteiger charge is -2.06. The molecule has 0 aliphatic heterocycles. The van der Waals surface area contributed by atoms with Crippen LogP contribution < -0.4 is 5.32 Å². The molecule has 1 aliphatic carbocycles. The highest BCUT2D eigenvalue weighted by molar-refractivity contribution is 5.91. The van der Waals surface area contributed by atoms with Gasteiger partial charge in [-0.3, -0.25) is 4.79 Å². The first-order valence-corrected chi connectivity index (χ1v) is 4.90. The van der Waals surface area contributed by atoms with Crippen molar-refractivity contribution in [3.8, 4) is 0 Å². The van der Waals surface area contributed by atoms with Gasteiger partial charge in [0.15, 0.2) is 0 Å². The van der Waals surface area contributed by atoms with Crippen molar-refractivity contribution in [1.29, 1.82) is 0 Å². The number of anilines is 1. The highest BCUT2D eigenvalue weighted by Crippen LogP contribution is 2.32. The number of para-hydroxylation sites is 1. The fraction of sp³-hybridized carbons (Fsp3) is 0.364. The van der Waals surface area contributed by atoms with Crippen LogP contribution in [0.1, 0.15) is 19.3 Å². The van der Waals surface area contributed by atoms with Crippen molar-refractivity contribution in [2.45, 2.75) is 19.3 Å². The van der Waals surface area contributed by atoms with E-state index in [1.807, 2.05) is 0 Å². The third-order valence-corrected chi connectivity index (χ3v) is 2.40. The van der Waals surface area contributed by atoms with Gasteiger partial charge in [0.05, 0.1) is 0 Å². The summed E-state index contributed by atoms with van der Waals surface area (Å²) in [5.74, 6) is -1.39. The average molecular weight is 211 g/mol. The summed E-state index contributed by atoms with van der Waals surface area (Å²) in [6.07, 6.45) is 2.42. The van der Waals surface area contributed by atoms with Crippen molar-refractivity contribution in [2.24, 2.45) is 5.92 Å². The van der Waals surface area contributed by atoms with Gasteiger partial charge in [-0.25, -0.2) is 8.78 Å². The fourth-order valence-electron chi connectivity index (χ4n) is 1.39. The van der Waals surface area contributed by atoms with Gasteiger partial charge in [0.2, 0.25) is 5.91 Å². The minimum Gasteiger partial charge on any atom is -0.321 e. The van der Waals surface area contributed by atoms with E-state index in [-0.39, 0.29) is 11.6 Å². The summed E-state index contributed by atoms with van der Waals surface area (Å²) >= 11 is 0. The number of rotatable bonds is 3. The number of benzene rings is 1. The summed E-state index contributed by atoms with van der Waals surface area (Å²) in [6, 6.07) is 3.51. The molecule has 1 saturated carbocycles. The van der Waals surface area contributed by atoms with Crippen LogP contribution >= 0.6 is 0 Å². The van der Waals surface area contributed by atoms with Gasteiger partial charge in [-0.2, -0.15) is 0 Å². The molecule has 0 radical (unpaired) electrons. The molecule has 0 bridgehead atoms. The SMILES string of the molecule is O=C(CC1CC1)Nc1c(F)cccc1F. The van der Waals surface area contributed by atoms with Gasteiger partial charge in [0.25, 0.3) is 0 Å². The molecule has 1 aromatic carbocycles. The molecule has 0 saturated heterocycles. The summed E-state index contributed by atoms with van der Waals surface area (Å²) in [4.78, 5) is 11.3. The Balaban J connectivity index is 2.05. The molecule has 1 aromatic rings. The van der Waals surface area contributed by atoms with Gasteiger partial charge in [0.1, 0.15) is 17.3 Å². The summed E-state index contributed by atoms with van der Waals surface area (Å²) in [5, 5.41) is 2.26. The van der Waals surface area contributed by atoms with E-state index in [0.717, 1.165) is 25.0 Å². The Labute approximate surface area is 86.3 Å². The van der Waals surface area contributed by atoms with Gasteiger partial charge in [0, 0.05) is 6.42 Å². The zero-order valence-corrected chi connectivity index (χ0v) is 8.09. The van der Waals surface area contributed by atoms with Crippen LogP contribution in [0.4, 0.5) is 14.5 Å². The summed E-state index contributed by atoms with van der Waals surface area (Å²) < 4.78 is 26.2. The van der Waals surface area contributed by atoms with Gasteiger partial charge in [-0.1, -0.05) is 6.07 Å². The summed E-state index contributed by atoms with van der Waals surface area (Å²) in [7, 11) is 0. The predicted octanol–water partition coefficient (Wildman–Crippen LogP) is 2.70. The molecule has 15 heavy (non-hydrogen) atoms. The lowest BCUT2D eigenvalue weighted by atomic mass is 10.2. The minimum absolute atomic E-state index is 0.318. The number of halogens is 2. The van der Waals surface area contributed by atoms with Crippen LogP contribution in [0.3, 0.4) is 0 Å². The standard InChI is InChI=1S/C11H11F2NO/c12-8-2-1-3-9(13)11(8)14-10(15)6-7-4-5-7/h1-3,7H,4-6H2,(H,14,15). The zero-order valence-electron chi connectivity index (χ0n) is 8.09. The van der Waals surface area contributed by atoms with E-state index in [2.05, 4.69) is 5.32 Å². The van der Waals surface area contributed by atoms with Crippen molar-refractivity contribution in [3.63, 3.8) is 0 Å². The molecule has 1 fully saturated rings. The Kier molecular flexibility index (Phi) is 2.66. The molecular formula is C11H11F2NO. The number of amides is 1. The first kappa shape index (κ1) is 10.1. The van der Waals surface area contributed by atoms with Gasteiger partial charge in [-0.05, 0) is 30.9 Å². The van der Waals surface area contributed by atoms with Crippen LogP contribution in [-0.2, 0) is 4.79 Å². The van der Waals surface area contributed by atoms with E-state index < -0.39 is 11.6 Å². The van der Waals surface area contributed by atoms with E-state index in [1.54, 1.807) is 0 Å². The van der Waals surface area contributed by atoms with Crippen molar-refractivity contribution < 1.29 is 13.6 Å². The van der Waals surface area contributed by atoms with Crippen molar-refractivity contribution in [2.75, 3.05) is 5.32 Å². The number of nitrogens with one attached hydrogen (secondary N) is 1. The highest BCUT2D eigenvalue weighted by Gasteiger charge is 2.25. The second kappa shape index (κ2) is 3.96. The van der Waals surface area contributed by atoms with Crippen molar-refractivity contribution in [3.05, 3.63) is 29.8 Å². The molecular weight excluding hydrogens is 200 g/mol. The summed E-state index contributed by atoms with van der Waals surface area (Å²) in [6.45, 7) is 0. The molecule has 0 aromatic heterocycles. The third kappa shape index (κ3) is 2.52. The van der Waals surface area contributed by atoms with Gasteiger partial charge >= 0.3 is 0 Å². The van der Waals surface area contributed by atoms with Crippen LogP contribution in [0.15, 0.2) is 18.2 Å². The zero-order chi connectivity index (χ0) is 10.8. The van der Waals surface area contributed by atoms with Crippen LogP contribution in [0.25, 0.3) is 0 Å². The van der Waals surface area contributed by atoms with Crippen LogP contribution in [0.5, 0.6) is 0 Å². The Morgan fingerprint density at radius 1 is 1.33 bits per heavy atom. The average Bonchev–Trinajstić information content (AvgIpc) is 2.95. The number of hydrogen-bond acceptors (Lipinski definition) is 1. The minimum atomic E-state index is -0.737. The fourth-order valence-corrected chi connectivity index (χ4v) is 1.39. The maximum absolute atomic E-state index is 13.1. The molecule has 1 amide bonds. The molecule has 2 nitrogen and oxygen atoms in total. The maximum Gasteiger partial charge on any atom is 0.224 e. The smallest absolute Gasteiger partial charge is 0.224 e. The third-order valence-electron chi connectivity index (χ3n) is 2.40. The predicted molar refractivity (Wildman–Crippen MR) is 52.3 cm³/mol. The molecule has 0 spiro atoms. The quantitative estimate of drug-likeness (QED) is 0.818. The van der Waals surface area contributed by atoms with E-state index in [4.69, 9.17) is 0 Å². The monoisotopic (exact) mass is 211 g/mol. The second-order valence-electron chi connectivity index (χ2n) is 3.79. The van der Waals surface area contributed by atoms with E-state index in [0.29, 0.717) is 12.3 Å². The molecule has 0 heterocycles. The molecule has 1 N–H and O–H groups in total. The Morgan fingerprint density at radius 3 is 2.47 bits per heavy atom. The van der Waals surface area contributed by atoms with Crippen LogP contribution in [0.2, 0.25) is 0 Å². The maximum atomic E-state index is 13.1. The molecule has 0 unspecified atom stereocenters. The molecule has 80 valence electrons. The lowest BCUT2D eigenvalue weighted by Crippen LogP contribution is -2.14. The highest BCUT2D eigenvalue weighted by atomic mass is 19.1. The van der Waals surface area contributed by atoms with E-state index in [9.17, 15) is 13.6 Å².